The Morgan fingerprint density at radius 3 is 2.55 bits per heavy atom. The first-order valence-corrected chi connectivity index (χ1v) is 11.0. The van der Waals surface area contributed by atoms with E-state index in [1.54, 1.807) is 22.8 Å². The Morgan fingerprint density at radius 1 is 1.09 bits per heavy atom. The number of hydrogen-bond acceptors (Lipinski definition) is 4. The zero-order valence-electron chi connectivity index (χ0n) is 16.5. The van der Waals surface area contributed by atoms with Gasteiger partial charge in [-0.2, -0.15) is 0 Å². The fourth-order valence-corrected chi connectivity index (χ4v) is 4.09. The largest absolute Gasteiger partial charge is 0.477 e. The Hall–Kier alpha value is -2.84. The summed E-state index contributed by atoms with van der Waals surface area (Å²) in [4.78, 5) is 40.7. The number of aliphatic carboxylic acids is 1. The number of amides is 1. The van der Waals surface area contributed by atoms with Crippen molar-refractivity contribution in [3.05, 3.63) is 78.2 Å². The predicted molar refractivity (Wildman–Crippen MR) is 130 cm³/mol. The molecule has 0 saturated heterocycles. The normalized spacial score (nSPS) is 14.8. The third-order valence-electron chi connectivity index (χ3n) is 4.98. The number of hydrogen-bond donors (Lipinski definition) is 2. The van der Waals surface area contributed by atoms with E-state index in [4.69, 9.17) is 51.5 Å². The van der Waals surface area contributed by atoms with Crippen LogP contribution in [0.15, 0.2) is 51.3 Å². The number of nitrogens with one attached hydrogen (secondary N) is 1. The standard InChI is InChI=1S/C22H13Cl4N3O4/c23-12-2-1-10(15(24)8-12)7-11-5-6-29-19(11)28-16-9-13(3-4-14(16)21(29)31)27-20(30)17(25)18(26)22(32)33/h1-4,7-9H,5-6H2,(H,27,30)(H,32,33)/b11-7?,18-17-. The van der Waals surface area contributed by atoms with Crippen molar-refractivity contribution < 1.29 is 14.7 Å². The van der Waals surface area contributed by atoms with Crippen molar-refractivity contribution in [2.24, 2.45) is 0 Å². The molecule has 33 heavy (non-hydrogen) atoms. The number of carboxylic acid groups (broad SMARTS) is 1. The Balaban J connectivity index is 1.74. The molecule has 0 radical (unpaired) electrons. The maximum absolute atomic E-state index is 13.0. The van der Waals surface area contributed by atoms with Gasteiger partial charge in [-0.1, -0.05) is 52.5 Å². The molecule has 2 N–H and O–H groups in total. The third kappa shape index (κ3) is 4.63. The van der Waals surface area contributed by atoms with E-state index in [2.05, 4.69) is 10.3 Å². The SMILES string of the molecule is O=C(O)/C(Cl)=C(/Cl)C(=O)Nc1ccc2c(=O)n3c(nc2c1)C(=Cc1ccc(Cl)cc1Cl)CC3. The molecule has 2 heterocycles. The molecule has 1 amide bonds. The van der Waals surface area contributed by atoms with E-state index in [-0.39, 0.29) is 11.2 Å². The first kappa shape index (κ1) is 23.3. The number of aromatic nitrogens is 2. The van der Waals surface area contributed by atoms with E-state index >= 15 is 0 Å². The molecule has 0 fully saturated rings. The van der Waals surface area contributed by atoms with Gasteiger partial charge in [-0.25, -0.2) is 9.78 Å². The highest BCUT2D eigenvalue weighted by molar-refractivity contribution is 6.54. The summed E-state index contributed by atoms with van der Waals surface area (Å²) in [7, 11) is 0. The topological polar surface area (TPSA) is 101 Å². The van der Waals surface area contributed by atoms with E-state index in [1.807, 2.05) is 6.08 Å². The number of anilines is 1. The number of rotatable bonds is 4. The molecule has 0 saturated carbocycles. The lowest BCUT2D eigenvalue weighted by molar-refractivity contribution is -0.132. The molecular weight excluding hydrogens is 512 g/mol. The van der Waals surface area contributed by atoms with Crippen LogP contribution in [0.5, 0.6) is 0 Å². The molecule has 2 aromatic carbocycles. The summed E-state index contributed by atoms with van der Waals surface area (Å²) < 4.78 is 1.59. The fraction of sp³-hybridized carbons (Fsp3) is 0.0909. The smallest absolute Gasteiger partial charge is 0.349 e. The predicted octanol–water partition coefficient (Wildman–Crippen LogP) is 5.36. The lowest BCUT2D eigenvalue weighted by Gasteiger charge is -2.09. The average molecular weight is 525 g/mol. The molecule has 3 aromatic rings. The Morgan fingerprint density at radius 2 is 1.85 bits per heavy atom. The number of carboxylic acids is 1. The van der Waals surface area contributed by atoms with Gasteiger partial charge in [0.1, 0.15) is 15.9 Å². The number of benzene rings is 2. The summed E-state index contributed by atoms with van der Waals surface area (Å²) in [6, 6.07) is 9.67. The Bertz CT molecular complexity index is 1460. The van der Waals surface area contributed by atoms with Crippen molar-refractivity contribution in [2.45, 2.75) is 13.0 Å². The second-order valence-corrected chi connectivity index (χ2v) is 8.70. The van der Waals surface area contributed by atoms with Crippen molar-refractivity contribution in [1.82, 2.24) is 9.55 Å². The van der Waals surface area contributed by atoms with Crippen molar-refractivity contribution in [3.63, 3.8) is 0 Å². The number of fused-ring (bicyclic) bond motifs is 2. The maximum atomic E-state index is 13.0. The van der Waals surface area contributed by atoms with Gasteiger partial charge in [0.25, 0.3) is 11.5 Å². The monoisotopic (exact) mass is 523 g/mol. The average Bonchev–Trinajstić information content (AvgIpc) is 3.17. The van der Waals surface area contributed by atoms with E-state index in [9.17, 15) is 14.4 Å². The molecule has 11 heteroatoms. The number of nitrogens with zero attached hydrogens (tertiary/aromatic N) is 2. The molecule has 0 aliphatic carbocycles. The molecule has 7 nitrogen and oxygen atoms in total. The van der Waals surface area contributed by atoms with Crippen LogP contribution >= 0.6 is 46.4 Å². The molecule has 1 aromatic heterocycles. The minimum Gasteiger partial charge on any atom is -0.477 e. The minimum atomic E-state index is -1.53. The third-order valence-corrected chi connectivity index (χ3v) is 6.35. The number of allylic oxidation sites excluding steroid dienone is 1. The highest BCUT2D eigenvalue weighted by Crippen LogP contribution is 2.31. The van der Waals surface area contributed by atoms with Crippen LogP contribution in [0.25, 0.3) is 22.6 Å². The first-order valence-electron chi connectivity index (χ1n) is 9.46. The minimum absolute atomic E-state index is 0.217. The van der Waals surface area contributed by atoms with Crippen molar-refractivity contribution in [3.8, 4) is 0 Å². The van der Waals surface area contributed by atoms with Gasteiger partial charge >= 0.3 is 5.97 Å². The highest BCUT2D eigenvalue weighted by Gasteiger charge is 2.22. The Kier molecular flexibility index (Phi) is 6.50. The summed E-state index contributed by atoms with van der Waals surface area (Å²) in [5, 5.41) is 11.2. The maximum Gasteiger partial charge on any atom is 0.349 e. The van der Waals surface area contributed by atoms with E-state index < -0.39 is 21.9 Å². The van der Waals surface area contributed by atoms with Gasteiger partial charge in [0.2, 0.25) is 0 Å². The van der Waals surface area contributed by atoms with Gasteiger partial charge in [0.05, 0.1) is 10.9 Å². The molecule has 168 valence electrons. The van der Waals surface area contributed by atoms with E-state index in [0.717, 1.165) is 11.1 Å². The second-order valence-electron chi connectivity index (χ2n) is 7.10. The van der Waals surface area contributed by atoms with Crippen LogP contribution in [-0.2, 0) is 16.1 Å². The van der Waals surface area contributed by atoms with Gasteiger partial charge in [0.15, 0.2) is 0 Å². The van der Waals surface area contributed by atoms with Crippen molar-refractivity contribution in [1.29, 1.82) is 0 Å². The van der Waals surface area contributed by atoms with Crippen LogP contribution in [0.3, 0.4) is 0 Å². The van der Waals surface area contributed by atoms with Crippen LogP contribution in [0.4, 0.5) is 5.69 Å². The van der Waals surface area contributed by atoms with Crippen LogP contribution in [-0.4, -0.2) is 26.5 Å². The van der Waals surface area contributed by atoms with Crippen molar-refractivity contribution >= 4 is 86.5 Å². The number of carbonyl (C=O) groups excluding carboxylic acids is 1. The van der Waals surface area contributed by atoms with Gasteiger partial charge in [-0.3, -0.25) is 14.2 Å². The zero-order valence-corrected chi connectivity index (χ0v) is 19.6. The van der Waals surface area contributed by atoms with Crippen molar-refractivity contribution in [2.75, 3.05) is 5.32 Å². The van der Waals surface area contributed by atoms with Crippen LogP contribution in [0.2, 0.25) is 10.0 Å². The number of halogens is 4. The molecule has 0 atom stereocenters. The van der Waals surface area contributed by atoms with Gasteiger partial charge in [-0.05, 0) is 54.0 Å². The van der Waals surface area contributed by atoms with Gasteiger partial charge in [-0.15, -0.1) is 0 Å². The fourth-order valence-electron chi connectivity index (χ4n) is 3.42. The summed E-state index contributed by atoms with van der Waals surface area (Å²) in [5.41, 5.74) is 1.97. The van der Waals surface area contributed by atoms with E-state index in [0.29, 0.717) is 39.7 Å². The summed E-state index contributed by atoms with van der Waals surface area (Å²) in [6.45, 7) is 0.473. The van der Waals surface area contributed by atoms with Crippen LogP contribution < -0.4 is 10.9 Å². The quantitative estimate of drug-likeness (QED) is 0.447. The van der Waals surface area contributed by atoms with Gasteiger partial charge in [0, 0.05) is 22.3 Å². The van der Waals surface area contributed by atoms with E-state index in [1.165, 1.54) is 18.2 Å². The van der Waals surface area contributed by atoms with Crippen LogP contribution in [0.1, 0.15) is 17.8 Å². The molecule has 0 bridgehead atoms. The highest BCUT2D eigenvalue weighted by atomic mass is 35.5. The van der Waals surface area contributed by atoms with Crippen LogP contribution in [0, 0.1) is 0 Å². The first-order chi connectivity index (χ1) is 15.7. The molecule has 4 rings (SSSR count). The van der Waals surface area contributed by atoms with Gasteiger partial charge < -0.3 is 10.4 Å². The molecular formula is C22H13Cl4N3O4. The molecule has 0 spiro atoms. The summed E-state index contributed by atoms with van der Waals surface area (Å²) in [6.07, 6.45) is 2.45. The Labute approximate surface area is 206 Å². The summed E-state index contributed by atoms with van der Waals surface area (Å²) in [5.74, 6) is -1.94. The molecule has 1 aliphatic rings. The lowest BCUT2D eigenvalue weighted by atomic mass is 10.1. The zero-order chi connectivity index (χ0) is 23.9. The lowest BCUT2D eigenvalue weighted by Crippen LogP contribution is -2.21. The number of carbonyl (C=O) groups is 2. The molecule has 1 aliphatic heterocycles. The molecule has 0 unspecified atom stereocenters. The summed E-state index contributed by atoms with van der Waals surface area (Å²) >= 11 is 23.5. The second kappa shape index (κ2) is 9.19.